The molecule has 4 nitrogen and oxygen atoms in total. The molecule has 0 saturated carbocycles. The lowest BCUT2D eigenvalue weighted by Gasteiger charge is -2.07. The van der Waals surface area contributed by atoms with Crippen molar-refractivity contribution in [1.29, 1.82) is 0 Å². The van der Waals surface area contributed by atoms with E-state index < -0.39 is 0 Å². The van der Waals surface area contributed by atoms with Gasteiger partial charge in [-0.05, 0) is 34.4 Å². The lowest BCUT2D eigenvalue weighted by molar-refractivity contribution is -0.705. The number of nitrogens with zero attached hydrogens (tertiary/aromatic N) is 4. The van der Waals surface area contributed by atoms with E-state index in [4.69, 9.17) is 0 Å². The van der Waals surface area contributed by atoms with E-state index in [1.165, 1.54) is 45.0 Å². The number of imidazole rings is 2. The van der Waals surface area contributed by atoms with Crippen LogP contribution in [-0.2, 0) is 26.2 Å². The number of rotatable bonds is 0. The van der Waals surface area contributed by atoms with Crippen LogP contribution >= 0.6 is 31.9 Å². The summed E-state index contributed by atoms with van der Waals surface area (Å²) in [6.07, 6.45) is 0. The molecule has 2 aromatic heterocycles. The first kappa shape index (κ1) is 21.7. The predicted octanol–water partition coefficient (Wildman–Crippen LogP) is 5.13. The third-order valence-corrected chi connectivity index (χ3v) is 8.62. The fraction of sp³-hybridized carbons (Fsp3) is 0.308. The Hall–Kier alpha value is -2.18. The molecule has 1 aliphatic heterocycles. The summed E-state index contributed by atoms with van der Waals surface area (Å²) in [6, 6.07) is 17.9. The summed E-state index contributed by atoms with van der Waals surface area (Å²) in [5, 5.41) is 0. The van der Waals surface area contributed by atoms with Crippen molar-refractivity contribution in [2.24, 2.45) is 0 Å². The number of aromatic nitrogens is 4. The van der Waals surface area contributed by atoms with E-state index in [0.29, 0.717) is 0 Å². The highest BCUT2D eigenvalue weighted by atomic mass is 79.9. The molecule has 0 radical (unpaired) electrons. The zero-order valence-corrected chi connectivity index (χ0v) is 22.2. The van der Waals surface area contributed by atoms with Crippen LogP contribution in [0.5, 0.6) is 0 Å². The zero-order valence-electron chi connectivity index (χ0n) is 19.0. The topological polar surface area (TPSA) is 17.6 Å². The van der Waals surface area contributed by atoms with E-state index >= 15 is 0 Å². The minimum absolute atomic E-state index is 0.846. The molecule has 0 amide bonds. The molecule has 6 heteroatoms. The quantitative estimate of drug-likeness (QED) is 0.236. The summed E-state index contributed by atoms with van der Waals surface area (Å²) in [6.45, 7) is 12.2. The van der Waals surface area contributed by atoms with Crippen molar-refractivity contribution in [2.75, 3.05) is 0 Å². The van der Waals surface area contributed by atoms with Gasteiger partial charge >= 0.3 is 9.47 Å². The van der Waals surface area contributed by atoms with E-state index in [0.717, 1.165) is 35.6 Å². The average Bonchev–Trinajstić information content (AvgIpc) is 3.09. The lowest BCUT2D eigenvalue weighted by atomic mass is 10.1. The van der Waals surface area contributed by atoms with E-state index in [2.05, 4.69) is 126 Å². The molecule has 0 atom stereocenters. The molecule has 2 aromatic carbocycles. The van der Waals surface area contributed by atoms with Gasteiger partial charge in [0.15, 0.2) is 0 Å². The highest BCUT2D eigenvalue weighted by molar-refractivity contribution is 9.10. The Labute approximate surface area is 206 Å². The molecule has 4 aromatic rings. The van der Waals surface area contributed by atoms with E-state index in [-0.39, 0.29) is 0 Å². The second kappa shape index (κ2) is 8.31. The van der Waals surface area contributed by atoms with Gasteiger partial charge in [0.1, 0.15) is 49.0 Å². The van der Waals surface area contributed by atoms with Gasteiger partial charge in [-0.25, -0.2) is 18.3 Å². The summed E-state index contributed by atoms with van der Waals surface area (Å²) < 4.78 is 11.7. The van der Waals surface area contributed by atoms with Crippen LogP contribution in [0.2, 0.25) is 0 Å². The van der Waals surface area contributed by atoms with Gasteiger partial charge in [-0.1, -0.05) is 36.4 Å². The van der Waals surface area contributed by atoms with Crippen molar-refractivity contribution in [3.8, 4) is 0 Å². The normalized spacial score (nSPS) is 13.4. The molecule has 5 rings (SSSR count). The average molecular weight is 556 g/mol. The number of hydrogen-bond donors (Lipinski definition) is 0. The minimum atomic E-state index is 0.846. The molecule has 164 valence electrons. The molecule has 0 fully saturated rings. The van der Waals surface area contributed by atoms with E-state index in [1.807, 2.05) is 0 Å². The summed E-state index contributed by atoms with van der Waals surface area (Å²) >= 11 is 7.82. The molecule has 0 saturated heterocycles. The molecular weight excluding hydrogens is 528 g/mol. The summed E-state index contributed by atoms with van der Waals surface area (Å²) in [7, 11) is 0. The first-order chi connectivity index (χ1) is 15.3. The maximum absolute atomic E-state index is 3.91. The van der Waals surface area contributed by atoms with Gasteiger partial charge in [0.25, 0.3) is 0 Å². The summed E-state index contributed by atoms with van der Waals surface area (Å²) in [5.74, 6) is 0. The van der Waals surface area contributed by atoms with Crippen molar-refractivity contribution < 1.29 is 9.13 Å². The molecule has 1 aliphatic rings. The lowest BCUT2D eigenvalue weighted by Crippen LogP contribution is -2.38. The maximum atomic E-state index is 3.91. The van der Waals surface area contributed by atoms with Crippen molar-refractivity contribution in [3.05, 3.63) is 103 Å². The number of benzene rings is 2. The highest BCUT2D eigenvalue weighted by Crippen LogP contribution is 2.21. The van der Waals surface area contributed by atoms with Gasteiger partial charge in [-0.15, -0.1) is 0 Å². The van der Waals surface area contributed by atoms with Crippen molar-refractivity contribution in [1.82, 2.24) is 9.13 Å². The Morgan fingerprint density at radius 3 is 1.44 bits per heavy atom. The number of fused-ring (bicyclic) bond motifs is 8. The monoisotopic (exact) mass is 554 g/mol. The standard InChI is InChI=1S/C26H28Br2N4/c1-17-18(2)30-14-22-8-6-10-24(12-22)16-32-20(4)19(3)31(26(32)28)15-23-9-5-7-21(11-23)13-29(17)25(30)27/h5-12H,13-16H2,1-4H3/q+2. The maximum Gasteiger partial charge on any atom is 0.326 e. The van der Waals surface area contributed by atoms with Gasteiger partial charge in [0.2, 0.25) is 0 Å². The first-order valence-electron chi connectivity index (χ1n) is 11.0. The Balaban J connectivity index is 1.71. The third kappa shape index (κ3) is 3.67. The van der Waals surface area contributed by atoms with Crippen LogP contribution in [0.15, 0.2) is 58.0 Å². The predicted molar refractivity (Wildman–Crippen MR) is 133 cm³/mol. The SMILES string of the molecule is Cc1c(C)[n+]2c(Br)n1Cc1cccc(c1)Cn1c(C)c(C)[n+](c1Br)Cc1cccc(c1)C2. The number of halogens is 2. The van der Waals surface area contributed by atoms with Gasteiger partial charge in [0, 0.05) is 59.6 Å². The van der Waals surface area contributed by atoms with Gasteiger partial charge in [0.05, 0.1) is 0 Å². The second-order valence-corrected chi connectivity index (χ2v) is 10.3. The summed E-state index contributed by atoms with van der Waals surface area (Å²) in [5.41, 5.74) is 10.4. The van der Waals surface area contributed by atoms with Gasteiger partial charge in [-0.3, -0.25) is 0 Å². The van der Waals surface area contributed by atoms with Crippen LogP contribution in [0, 0.1) is 27.7 Å². The molecular formula is C26H28Br2N4+2. The fourth-order valence-electron chi connectivity index (χ4n) is 4.74. The van der Waals surface area contributed by atoms with Crippen LogP contribution in [0.3, 0.4) is 0 Å². The van der Waals surface area contributed by atoms with E-state index in [9.17, 15) is 0 Å². The number of hydrogen-bond acceptors (Lipinski definition) is 0. The van der Waals surface area contributed by atoms with Crippen molar-refractivity contribution >= 4 is 31.9 Å². The molecule has 0 N–H and O–H groups in total. The third-order valence-electron chi connectivity index (χ3n) is 6.90. The van der Waals surface area contributed by atoms with Crippen LogP contribution in [-0.4, -0.2) is 9.13 Å². The van der Waals surface area contributed by atoms with E-state index in [1.54, 1.807) is 0 Å². The molecule has 8 bridgehead atoms. The first-order valence-corrected chi connectivity index (χ1v) is 12.6. The summed E-state index contributed by atoms with van der Waals surface area (Å²) in [4.78, 5) is 0. The molecule has 32 heavy (non-hydrogen) atoms. The van der Waals surface area contributed by atoms with Crippen LogP contribution in [0.25, 0.3) is 0 Å². The Morgan fingerprint density at radius 1 is 0.625 bits per heavy atom. The minimum Gasteiger partial charge on any atom is -0.217 e. The molecule has 0 spiro atoms. The highest BCUT2D eigenvalue weighted by Gasteiger charge is 2.26. The van der Waals surface area contributed by atoms with Crippen molar-refractivity contribution in [2.45, 2.75) is 53.9 Å². The van der Waals surface area contributed by atoms with Crippen LogP contribution in [0.1, 0.15) is 45.0 Å². The van der Waals surface area contributed by atoms with Crippen LogP contribution in [0.4, 0.5) is 0 Å². The zero-order chi connectivity index (χ0) is 22.6. The van der Waals surface area contributed by atoms with Crippen LogP contribution < -0.4 is 9.13 Å². The molecule has 0 unspecified atom stereocenters. The van der Waals surface area contributed by atoms with Crippen molar-refractivity contribution in [3.63, 3.8) is 0 Å². The molecule has 3 heterocycles. The smallest absolute Gasteiger partial charge is 0.217 e. The fourth-order valence-corrected chi connectivity index (χ4v) is 6.31. The Morgan fingerprint density at radius 2 is 1.00 bits per heavy atom. The largest absolute Gasteiger partial charge is 0.326 e. The van der Waals surface area contributed by atoms with Gasteiger partial charge in [-0.2, -0.15) is 0 Å². The second-order valence-electron chi connectivity index (χ2n) is 8.86. The Bertz CT molecular complexity index is 1150. The van der Waals surface area contributed by atoms with Gasteiger partial charge < -0.3 is 0 Å². The Kier molecular flexibility index (Phi) is 5.62. The molecule has 0 aliphatic carbocycles.